The van der Waals surface area contributed by atoms with Gasteiger partial charge in [-0.15, -0.1) is 0 Å². The Morgan fingerprint density at radius 3 is 2.33 bits per heavy atom. The monoisotopic (exact) mass is 275 g/mol. The van der Waals surface area contributed by atoms with Crippen molar-refractivity contribution < 1.29 is 4.42 Å². The molecule has 2 nitrogen and oxygen atoms in total. The molecule has 1 aliphatic rings. The van der Waals surface area contributed by atoms with Crippen molar-refractivity contribution in [2.24, 2.45) is 0 Å². The fourth-order valence-electron chi connectivity index (χ4n) is 3.27. The first-order chi connectivity index (χ1) is 10.3. The van der Waals surface area contributed by atoms with Crippen molar-refractivity contribution in [1.29, 1.82) is 0 Å². The fourth-order valence-corrected chi connectivity index (χ4v) is 3.27. The number of rotatable bonds is 2. The minimum Gasteiger partial charge on any atom is -0.464 e. The molecule has 0 spiro atoms. The van der Waals surface area contributed by atoms with Crippen LogP contribution < -0.4 is 0 Å². The predicted molar refractivity (Wildman–Crippen MR) is 83.9 cm³/mol. The van der Waals surface area contributed by atoms with E-state index in [9.17, 15) is 0 Å². The van der Waals surface area contributed by atoms with Gasteiger partial charge in [0.25, 0.3) is 0 Å². The van der Waals surface area contributed by atoms with Crippen LogP contribution in [0, 0.1) is 0 Å². The Labute approximate surface area is 124 Å². The molecule has 3 aromatic rings. The summed E-state index contributed by atoms with van der Waals surface area (Å²) in [6.07, 6.45) is 1.91. The molecule has 1 aliphatic heterocycles. The Bertz CT molecular complexity index is 746. The average molecular weight is 275 g/mol. The van der Waals surface area contributed by atoms with Crippen molar-refractivity contribution in [1.82, 2.24) is 4.90 Å². The first-order valence-electron chi connectivity index (χ1n) is 7.25. The standard InChI is InChI=1S/C19H17NO/c1-20-12-16-13-21-19(15-10-6-3-7-11-15)17(16)18(20)14-8-4-2-5-9-14/h2-11,13,18H,12H2,1H3. The smallest absolute Gasteiger partial charge is 0.139 e. The number of furan rings is 1. The quantitative estimate of drug-likeness (QED) is 0.685. The van der Waals surface area contributed by atoms with Gasteiger partial charge < -0.3 is 4.42 Å². The van der Waals surface area contributed by atoms with Crippen LogP contribution in [0.15, 0.2) is 71.3 Å². The Kier molecular flexibility index (Phi) is 2.90. The third-order valence-corrected chi connectivity index (χ3v) is 4.19. The lowest BCUT2D eigenvalue weighted by atomic mass is 9.96. The fraction of sp³-hybridized carbons (Fsp3) is 0.158. The second-order valence-corrected chi connectivity index (χ2v) is 5.60. The van der Waals surface area contributed by atoms with Crippen molar-refractivity contribution in [2.75, 3.05) is 7.05 Å². The molecule has 0 fully saturated rings. The van der Waals surface area contributed by atoms with E-state index in [0.29, 0.717) is 0 Å². The van der Waals surface area contributed by atoms with E-state index in [0.717, 1.165) is 17.9 Å². The molecule has 1 unspecified atom stereocenters. The van der Waals surface area contributed by atoms with Crippen LogP contribution in [-0.4, -0.2) is 11.9 Å². The SMILES string of the molecule is CN1Cc2coc(-c3ccccc3)c2C1c1ccccc1. The molecule has 2 heteroatoms. The first-order valence-corrected chi connectivity index (χ1v) is 7.25. The highest BCUT2D eigenvalue weighted by Crippen LogP contribution is 2.43. The van der Waals surface area contributed by atoms with Crippen LogP contribution >= 0.6 is 0 Å². The van der Waals surface area contributed by atoms with Gasteiger partial charge in [-0.2, -0.15) is 0 Å². The highest BCUT2D eigenvalue weighted by Gasteiger charge is 2.34. The van der Waals surface area contributed by atoms with Gasteiger partial charge in [0.05, 0.1) is 12.3 Å². The molecule has 2 heterocycles. The molecule has 104 valence electrons. The van der Waals surface area contributed by atoms with E-state index in [2.05, 4.69) is 66.5 Å². The summed E-state index contributed by atoms with van der Waals surface area (Å²) >= 11 is 0. The van der Waals surface area contributed by atoms with Crippen LogP contribution in [0.25, 0.3) is 11.3 Å². The van der Waals surface area contributed by atoms with Gasteiger partial charge in [-0.05, 0) is 12.6 Å². The number of benzene rings is 2. The number of fused-ring (bicyclic) bond motifs is 1. The summed E-state index contributed by atoms with van der Waals surface area (Å²) in [6, 6.07) is 21.3. The molecule has 21 heavy (non-hydrogen) atoms. The van der Waals surface area contributed by atoms with Crippen LogP contribution in [-0.2, 0) is 6.54 Å². The Balaban J connectivity index is 1.87. The van der Waals surface area contributed by atoms with E-state index >= 15 is 0 Å². The number of hydrogen-bond acceptors (Lipinski definition) is 2. The third-order valence-electron chi connectivity index (χ3n) is 4.19. The zero-order chi connectivity index (χ0) is 14.2. The lowest BCUT2D eigenvalue weighted by Gasteiger charge is -2.21. The molecular formula is C19H17NO. The molecule has 0 N–H and O–H groups in total. The summed E-state index contributed by atoms with van der Waals surface area (Å²) in [5.74, 6) is 1.00. The Morgan fingerprint density at radius 2 is 1.62 bits per heavy atom. The lowest BCUT2D eigenvalue weighted by molar-refractivity contribution is 0.299. The minimum atomic E-state index is 0.273. The minimum absolute atomic E-state index is 0.273. The van der Waals surface area contributed by atoms with Crippen LogP contribution in [0.1, 0.15) is 22.7 Å². The molecule has 0 radical (unpaired) electrons. The van der Waals surface area contributed by atoms with Crippen LogP contribution in [0.3, 0.4) is 0 Å². The maximum atomic E-state index is 5.90. The maximum Gasteiger partial charge on any atom is 0.139 e. The van der Waals surface area contributed by atoms with Gasteiger partial charge in [0.15, 0.2) is 0 Å². The third kappa shape index (κ3) is 1.99. The summed E-state index contributed by atoms with van der Waals surface area (Å²) < 4.78 is 5.90. The Morgan fingerprint density at radius 1 is 0.952 bits per heavy atom. The van der Waals surface area contributed by atoms with Crippen LogP contribution in [0.2, 0.25) is 0 Å². The predicted octanol–water partition coefficient (Wildman–Crippen LogP) is 4.48. The summed E-state index contributed by atoms with van der Waals surface area (Å²) in [6.45, 7) is 0.936. The first kappa shape index (κ1) is 12.4. The number of nitrogens with zero attached hydrogens (tertiary/aromatic N) is 1. The van der Waals surface area contributed by atoms with Gasteiger partial charge in [0.2, 0.25) is 0 Å². The zero-order valence-corrected chi connectivity index (χ0v) is 12.0. The second-order valence-electron chi connectivity index (χ2n) is 5.60. The number of hydrogen-bond donors (Lipinski definition) is 0. The van der Waals surface area contributed by atoms with Gasteiger partial charge in [-0.25, -0.2) is 0 Å². The molecule has 2 aromatic carbocycles. The van der Waals surface area contributed by atoms with E-state index in [-0.39, 0.29) is 6.04 Å². The maximum absolute atomic E-state index is 5.90. The highest BCUT2D eigenvalue weighted by molar-refractivity contribution is 5.66. The molecule has 0 bridgehead atoms. The normalized spacial score (nSPS) is 17.9. The van der Waals surface area contributed by atoms with Crippen molar-refractivity contribution >= 4 is 0 Å². The van der Waals surface area contributed by atoms with Crippen molar-refractivity contribution in [3.8, 4) is 11.3 Å². The summed E-state index contributed by atoms with van der Waals surface area (Å²) in [5, 5.41) is 0. The van der Waals surface area contributed by atoms with Crippen LogP contribution in [0.5, 0.6) is 0 Å². The van der Waals surface area contributed by atoms with Crippen LogP contribution in [0.4, 0.5) is 0 Å². The van der Waals surface area contributed by atoms with Crippen molar-refractivity contribution in [3.63, 3.8) is 0 Å². The van der Waals surface area contributed by atoms with Gasteiger partial charge in [-0.3, -0.25) is 4.90 Å². The molecule has 4 rings (SSSR count). The molecule has 0 saturated carbocycles. The zero-order valence-electron chi connectivity index (χ0n) is 12.0. The van der Waals surface area contributed by atoms with Crippen molar-refractivity contribution in [2.45, 2.75) is 12.6 Å². The van der Waals surface area contributed by atoms with E-state index < -0.39 is 0 Å². The van der Waals surface area contributed by atoms with Gasteiger partial charge in [0.1, 0.15) is 5.76 Å². The van der Waals surface area contributed by atoms with E-state index in [1.165, 1.54) is 16.7 Å². The molecule has 0 amide bonds. The van der Waals surface area contributed by atoms with E-state index in [4.69, 9.17) is 4.42 Å². The molecule has 1 aromatic heterocycles. The topological polar surface area (TPSA) is 16.4 Å². The molecular weight excluding hydrogens is 258 g/mol. The van der Waals surface area contributed by atoms with Gasteiger partial charge in [-0.1, -0.05) is 60.7 Å². The van der Waals surface area contributed by atoms with Gasteiger partial charge in [0, 0.05) is 23.2 Å². The van der Waals surface area contributed by atoms with E-state index in [1.807, 2.05) is 12.3 Å². The highest BCUT2D eigenvalue weighted by atomic mass is 16.3. The summed E-state index contributed by atoms with van der Waals surface area (Å²) in [7, 11) is 2.17. The van der Waals surface area contributed by atoms with Crippen molar-refractivity contribution in [3.05, 3.63) is 83.6 Å². The average Bonchev–Trinajstić information content (AvgIpc) is 3.07. The molecule has 0 aliphatic carbocycles. The molecule has 0 saturated heterocycles. The second kappa shape index (κ2) is 4.90. The summed E-state index contributed by atoms with van der Waals surface area (Å²) in [4.78, 5) is 2.38. The van der Waals surface area contributed by atoms with E-state index in [1.54, 1.807) is 0 Å². The molecule has 1 atom stereocenters. The lowest BCUT2D eigenvalue weighted by Crippen LogP contribution is -2.18. The summed E-state index contributed by atoms with van der Waals surface area (Å²) in [5.41, 5.74) is 5.08. The van der Waals surface area contributed by atoms with Gasteiger partial charge >= 0.3 is 0 Å². The largest absolute Gasteiger partial charge is 0.464 e. The Hall–Kier alpha value is -2.32.